The van der Waals surface area contributed by atoms with E-state index in [4.69, 9.17) is 0 Å². The van der Waals surface area contributed by atoms with Crippen LogP contribution < -0.4 is 5.32 Å². The first-order valence-corrected chi connectivity index (χ1v) is 5.62. The van der Waals surface area contributed by atoms with Gasteiger partial charge in [0.05, 0.1) is 0 Å². The molecule has 2 aliphatic carbocycles. The third-order valence-corrected chi connectivity index (χ3v) is 4.02. The van der Waals surface area contributed by atoms with E-state index in [9.17, 15) is 0 Å². The molecular formula is C13H17N. The van der Waals surface area contributed by atoms with Crippen LogP contribution in [0.5, 0.6) is 0 Å². The fraction of sp³-hybridized carbons (Fsp3) is 0.538. The highest BCUT2D eigenvalue weighted by atomic mass is 14.9. The van der Waals surface area contributed by atoms with Crippen LogP contribution in [0.2, 0.25) is 0 Å². The van der Waals surface area contributed by atoms with Crippen molar-refractivity contribution in [1.82, 2.24) is 5.32 Å². The second-order valence-electron chi connectivity index (χ2n) is 4.75. The van der Waals surface area contributed by atoms with Gasteiger partial charge in [0, 0.05) is 6.04 Å². The zero-order chi connectivity index (χ0) is 9.60. The van der Waals surface area contributed by atoms with Gasteiger partial charge in [-0.05, 0) is 49.3 Å². The third kappa shape index (κ3) is 1.05. The Labute approximate surface area is 85.5 Å². The fourth-order valence-corrected chi connectivity index (χ4v) is 2.96. The van der Waals surface area contributed by atoms with Gasteiger partial charge in [-0.2, -0.15) is 0 Å². The van der Waals surface area contributed by atoms with Crippen molar-refractivity contribution in [2.75, 3.05) is 7.05 Å². The van der Waals surface area contributed by atoms with Gasteiger partial charge in [0.15, 0.2) is 0 Å². The van der Waals surface area contributed by atoms with Gasteiger partial charge in [0.1, 0.15) is 0 Å². The van der Waals surface area contributed by atoms with E-state index in [2.05, 4.69) is 36.6 Å². The number of nitrogens with one attached hydrogen (secondary N) is 1. The average Bonchev–Trinajstić information content (AvgIpc) is 3.00. The van der Waals surface area contributed by atoms with Crippen molar-refractivity contribution < 1.29 is 0 Å². The smallest absolute Gasteiger partial charge is 0.0320 e. The van der Waals surface area contributed by atoms with Crippen LogP contribution in [-0.4, -0.2) is 7.05 Å². The Morgan fingerprint density at radius 2 is 2.00 bits per heavy atom. The molecule has 14 heavy (non-hydrogen) atoms. The Kier molecular flexibility index (Phi) is 1.72. The van der Waals surface area contributed by atoms with E-state index in [0.29, 0.717) is 11.5 Å². The van der Waals surface area contributed by atoms with Gasteiger partial charge < -0.3 is 5.32 Å². The summed E-state index contributed by atoms with van der Waals surface area (Å²) >= 11 is 0. The van der Waals surface area contributed by atoms with Gasteiger partial charge in [-0.25, -0.2) is 0 Å². The minimum atomic E-state index is 0.595. The molecule has 1 aromatic rings. The Balaban J connectivity index is 2.10. The summed E-state index contributed by atoms with van der Waals surface area (Å²) in [6, 6.07) is 9.60. The van der Waals surface area contributed by atoms with Crippen molar-refractivity contribution in [2.45, 2.75) is 37.1 Å². The van der Waals surface area contributed by atoms with Crippen molar-refractivity contribution >= 4 is 0 Å². The first-order valence-electron chi connectivity index (χ1n) is 5.62. The molecule has 3 rings (SSSR count). The first-order chi connectivity index (χ1) is 6.86. The van der Waals surface area contributed by atoms with Crippen LogP contribution in [0.25, 0.3) is 0 Å². The van der Waals surface area contributed by atoms with Crippen molar-refractivity contribution in [3.05, 3.63) is 35.4 Å². The normalized spacial score (nSPS) is 27.4. The molecule has 1 heteroatoms. The molecule has 0 heterocycles. The lowest BCUT2D eigenvalue weighted by Crippen LogP contribution is -2.26. The van der Waals surface area contributed by atoms with E-state index in [0.717, 1.165) is 0 Å². The molecule has 0 bridgehead atoms. The number of hydrogen-bond donors (Lipinski definition) is 1. The van der Waals surface area contributed by atoms with Gasteiger partial charge in [-0.1, -0.05) is 24.3 Å². The minimum Gasteiger partial charge on any atom is -0.313 e. The van der Waals surface area contributed by atoms with E-state index in [1.54, 1.807) is 11.1 Å². The van der Waals surface area contributed by atoms with E-state index in [-0.39, 0.29) is 0 Å². The van der Waals surface area contributed by atoms with Gasteiger partial charge in [0.25, 0.3) is 0 Å². The lowest BCUT2D eigenvalue weighted by atomic mass is 9.78. The zero-order valence-corrected chi connectivity index (χ0v) is 8.72. The molecule has 1 nitrogen and oxygen atoms in total. The molecule has 1 fully saturated rings. The molecular weight excluding hydrogens is 170 g/mol. The molecule has 1 spiro atoms. The van der Waals surface area contributed by atoms with Crippen LogP contribution in [0.1, 0.15) is 42.9 Å². The summed E-state index contributed by atoms with van der Waals surface area (Å²) in [5, 5.41) is 3.43. The summed E-state index contributed by atoms with van der Waals surface area (Å²) in [6.45, 7) is 0. The molecule has 0 aromatic heterocycles. The summed E-state index contributed by atoms with van der Waals surface area (Å²) < 4.78 is 0. The molecule has 1 N–H and O–H groups in total. The molecule has 0 radical (unpaired) electrons. The van der Waals surface area contributed by atoms with Crippen LogP contribution in [0, 0.1) is 0 Å². The topological polar surface area (TPSA) is 12.0 Å². The summed E-state index contributed by atoms with van der Waals surface area (Å²) in [6.07, 6.45) is 5.53. The predicted molar refractivity (Wildman–Crippen MR) is 58.4 cm³/mol. The van der Waals surface area contributed by atoms with Crippen LogP contribution >= 0.6 is 0 Å². The van der Waals surface area contributed by atoms with Crippen LogP contribution in [0.4, 0.5) is 0 Å². The highest BCUT2D eigenvalue weighted by molar-refractivity contribution is 5.42. The molecule has 1 unspecified atom stereocenters. The van der Waals surface area contributed by atoms with Gasteiger partial charge in [-0.15, -0.1) is 0 Å². The molecule has 0 saturated heterocycles. The molecule has 1 atom stereocenters. The molecule has 0 aliphatic heterocycles. The summed E-state index contributed by atoms with van der Waals surface area (Å²) in [5.41, 5.74) is 3.79. The summed E-state index contributed by atoms with van der Waals surface area (Å²) in [4.78, 5) is 0. The average molecular weight is 187 g/mol. The van der Waals surface area contributed by atoms with Crippen molar-refractivity contribution in [3.8, 4) is 0 Å². The quantitative estimate of drug-likeness (QED) is 0.713. The Morgan fingerprint density at radius 1 is 1.21 bits per heavy atom. The lowest BCUT2D eigenvalue weighted by Gasteiger charge is -2.31. The van der Waals surface area contributed by atoms with E-state index in [1.807, 2.05) is 0 Å². The third-order valence-electron chi connectivity index (χ3n) is 4.02. The Bertz CT molecular complexity index is 352. The number of hydrogen-bond acceptors (Lipinski definition) is 1. The first kappa shape index (κ1) is 8.49. The molecule has 1 saturated carbocycles. The maximum Gasteiger partial charge on any atom is 0.0320 e. The largest absolute Gasteiger partial charge is 0.313 e. The van der Waals surface area contributed by atoms with Crippen LogP contribution in [-0.2, 0) is 5.41 Å². The molecule has 2 aliphatic rings. The summed E-state index contributed by atoms with van der Waals surface area (Å²) in [5.74, 6) is 0. The minimum absolute atomic E-state index is 0.595. The van der Waals surface area contributed by atoms with E-state index < -0.39 is 0 Å². The monoisotopic (exact) mass is 187 g/mol. The number of benzene rings is 1. The highest BCUT2D eigenvalue weighted by Crippen LogP contribution is 2.57. The number of fused-ring (bicyclic) bond motifs is 2. The second-order valence-corrected chi connectivity index (χ2v) is 4.75. The number of rotatable bonds is 1. The van der Waals surface area contributed by atoms with Crippen LogP contribution in [0.15, 0.2) is 24.3 Å². The van der Waals surface area contributed by atoms with Crippen LogP contribution in [0.3, 0.4) is 0 Å². The Morgan fingerprint density at radius 3 is 2.71 bits per heavy atom. The second kappa shape index (κ2) is 2.83. The van der Waals surface area contributed by atoms with Gasteiger partial charge in [-0.3, -0.25) is 0 Å². The SMILES string of the molecule is CNC1CCC2(CC2)c2ccccc21. The molecule has 0 amide bonds. The molecule has 1 aromatic carbocycles. The van der Waals surface area contributed by atoms with Gasteiger partial charge in [0.2, 0.25) is 0 Å². The standard InChI is InChI=1S/C13H17N/c1-14-12-6-7-13(8-9-13)11-5-3-2-4-10(11)12/h2-5,12,14H,6-9H2,1H3. The fourth-order valence-electron chi connectivity index (χ4n) is 2.96. The maximum absolute atomic E-state index is 3.43. The summed E-state index contributed by atoms with van der Waals surface area (Å²) in [7, 11) is 2.08. The molecule has 74 valence electrons. The van der Waals surface area contributed by atoms with E-state index >= 15 is 0 Å². The van der Waals surface area contributed by atoms with E-state index in [1.165, 1.54) is 25.7 Å². The van der Waals surface area contributed by atoms with Crippen molar-refractivity contribution in [3.63, 3.8) is 0 Å². The predicted octanol–water partition coefficient (Wildman–Crippen LogP) is 2.77. The maximum atomic E-state index is 3.43. The Hall–Kier alpha value is -0.820. The van der Waals surface area contributed by atoms with Crippen molar-refractivity contribution in [2.24, 2.45) is 0 Å². The van der Waals surface area contributed by atoms with Gasteiger partial charge >= 0.3 is 0 Å². The van der Waals surface area contributed by atoms with Crippen molar-refractivity contribution in [1.29, 1.82) is 0 Å². The zero-order valence-electron chi connectivity index (χ0n) is 8.72. The highest BCUT2D eigenvalue weighted by Gasteiger charge is 2.48. The lowest BCUT2D eigenvalue weighted by molar-refractivity contribution is 0.435.